The molecule has 1 aromatic rings. The number of rotatable bonds is 4. The third kappa shape index (κ3) is 3.11. The van der Waals surface area contributed by atoms with E-state index in [4.69, 9.17) is 0 Å². The van der Waals surface area contributed by atoms with Crippen LogP contribution >= 0.6 is 0 Å². The molecule has 1 aliphatic heterocycles. The lowest BCUT2D eigenvalue weighted by Gasteiger charge is -2.34. The highest BCUT2D eigenvalue weighted by molar-refractivity contribution is 7.90. The van der Waals surface area contributed by atoms with Gasteiger partial charge in [-0.1, -0.05) is 0 Å². The van der Waals surface area contributed by atoms with E-state index >= 15 is 0 Å². The molecule has 0 saturated carbocycles. The highest BCUT2D eigenvalue weighted by atomic mass is 32.2. The lowest BCUT2D eigenvalue weighted by atomic mass is 10.0. The van der Waals surface area contributed by atoms with Gasteiger partial charge < -0.3 is 5.11 Å². The van der Waals surface area contributed by atoms with Gasteiger partial charge in [0.25, 0.3) is 0 Å². The first-order valence-corrected chi connectivity index (χ1v) is 7.95. The van der Waals surface area contributed by atoms with Crippen LogP contribution in [-0.2, 0) is 10.2 Å². The molecule has 1 heterocycles. The minimum Gasteiger partial charge on any atom is -0.396 e. The molecule has 5 nitrogen and oxygen atoms in total. The first-order valence-electron chi connectivity index (χ1n) is 6.55. The highest BCUT2D eigenvalue weighted by Crippen LogP contribution is 2.24. The number of halogens is 1. The van der Waals surface area contributed by atoms with Crippen molar-refractivity contribution in [2.24, 2.45) is 5.92 Å². The average Bonchev–Trinajstić information content (AvgIpc) is 2.47. The Kier molecular flexibility index (Phi) is 4.62. The highest BCUT2D eigenvalue weighted by Gasteiger charge is 2.31. The summed E-state index contributed by atoms with van der Waals surface area (Å²) in [5, 5.41) is 9.18. The summed E-state index contributed by atoms with van der Waals surface area (Å²) in [6, 6.07) is 5.32. The molecular weight excluding hydrogens is 283 g/mol. The van der Waals surface area contributed by atoms with Gasteiger partial charge in [0.2, 0.25) is 0 Å². The predicted octanol–water partition coefficient (Wildman–Crippen LogP) is 1.21. The fourth-order valence-corrected chi connectivity index (χ4v) is 3.84. The Morgan fingerprint density at radius 1 is 1.40 bits per heavy atom. The summed E-state index contributed by atoms with van der Waals surface area (Å²) < 4.78 is 40.4. The second-order valence-electron chi connectivity index (χ2n) is 5.00. The van der Waals surface area contributed by atoms with Gasteiger partial charge in [-0.15, -0.1) is 0 Å². The summed E-state index contributed by atoms with van der Waals surface area (Å²) in [6.45, 7) is 0.765. The molecule has 7 heteroatoms. The van der Waals surface area contributed by atoms with Crippen molar-refractivity contribution in [3.05, 3.63) is 30.1 Å². The molecule has 1 saturated heterocycles. The van der Waals surface area contributed by atoms with Crippen LogP contribution in [0.15, 0.2) is 24.3 Å². The summed E-state index contributed by atoms with van der Waals surface area (Å²) in [7, 11) is -2.19. The maximum absolute atomic E-state index is 12.9. The van der Waals surface area contributed by atoms with Gasteiger partial charge in [0.1, 0.15) is 5.82 Å². The third-order valence-corrected chi connectivity index (χ3v) is 5.49. The van der Waals surface area contributed by atoms with Gasteiger partial charge in [0, 0.05) is 26.7 Å². The SMILES string of the molecule is CN(c1ccc(F)cc1)S(=O)(=O)N1CCCC(CO)C1. The smallest absolute Gasteiger partial charge is 0.303 e. The van der Waals surface area contributed by atoms with Crippen molar-refractivity contribution in [3.63, 3.8) is 0 Å². The van der Waals surface area contributed by atoms with Crippen LogP contribution in [0.4, 0.5) is 10.1 Å². The summed E-state index contributed by atoms with van der Waals surface area (Å²) >= 11 is 0. The van der Waals surface area contributed by atoms with E-state index in [1.165, 1.54) is 35.6 Å². The fourth-order valence-electron chi connectivity index (χ4n) is 2.34. The summed E-state index contributed by atoms with van der Waals surface area (Å²) in [6.07, 6.45) is 1.57. The van der Waals surface area contributed by atoms with Crippen molar-refractivity contribution < 1.29 is 17.9 Å². The van der Waals surface area contributed by atoms with Gasteiger partial charge in [0.05, 0.1) is 5.69 Å². The van der Waals surface area contributed by atoms with Crippen LogP contribution in [0.5, 0.6) is 0 Å². The number of benzene rings is 1. The third-order valence-electron chi connectivity index (χ3n) is 3.60. The van der Waals surface area contributed by atoms with Gasteiger partial charge in [-0.05, 0) is 43.0 Å². The quantitative estimate of drug-likeness (QED) is 0.909. The maximum Gasteiger partial charge on any atom is 0.303 e. The number of hydrogen-bond donors (Lipinski definition) is 1. The van der Waals surface area contributed by atoms with Crippen LogP contribution in [0, 0.1) is 11.7 Å². The standard InChI is InChI=1S/C13H19FN2O3S/c1-15(13-6-4-12(14)5-7-13)20(18,19)16-8-2-3-11(9-16)10-17/h4-7,11,17H,2-3,8-10H2,1H3. The maximum atomic E-state index is 12.9. The lowest BCUT2D eigenvalue weighted by molar-refractivity contribution is 0.165. The number of piperidine rings is 1. The molecule has 0 amide bonds. The Bertz CT molecular complexity index is 547. The van der Waals surface area contributed by atoms with E-state index in [2.05, 4.69) is 0 Å². The molecule has 1 aromatic carbocycles. The van der Waals surface area contributed by atoms with Crippen molar-refractivity contribution in [2.45, 2.75) is 12.8 Å². The zero-order valence-electron chi connectivity index (χ0n) is 11.4. The van der Waals surface area contributed by atoms with Crippen LogP contribution in [0.2, 0.25) is 0 Å². The van der Waals surface area contributed by atoms with E-state index in [0.717, 1.165) is 17.1 Å². The summed E-state index contributed by atoms with van der Waals surface area (Å²) in [4.78, 5) is 0. The van der Waals surface area contributed by atoms with Crippen molar-refractivity contribution in [1.82, 2.24) is 4.31 Å². The van der Waals surface area contributed by atoms with E-state index in [9.17, 15) is 17.9 Å². The molecule has 2 rings (SSSR count). The van der Waals surface area contributed by atoms with Crippen molar-refractivity contribution in [1.29, 1.82) is 0 Å². The summed E-state index contributed by atoms with van der Waals surface area (Å²) in [5.74, 6) is -0.419. The van der Waals surface area contributed by atoms with Crippen molar-refractivity contribution in [3.8, 4) is 0 Å². The zero-order chi connectivity index (χ0) is 14.8. The first kappa shape index (κ1) is 15.2. The van der Waals surface area contributed by atoms with Gasteiger partial charge in [-0.3, -0.25) is 4.31 Å². The second-order valence-corrected chi connectivity index (χ2v) is 6.96. The van der Waals surface area contributed by atoms with Crippen LogP contribution in [0.25, 0.3) is 0 Å². The largest absolute Gasteiger partial charge is 0.396 e. The molecule has 20 heavy (non-hydrogen) atoms. The first-order chi connectivity index (χ1) is 9.45. The molecule has 0 radical (unpaired) electrons. The van der Waals surface area contributed by atoms with Crippen molar-refractivity contribution in [2.75, 3.05) is 31.0 Å². The second kappa shape index (κ2) is 6.07. The Morgan fingerprint density at radius 3 is 2.65 bits per heavy atom. The minimum absolute atomic E-state index is 0.00766. The molecule has 1 atom stereocenters. The zero-order valence-corrected chi connectivity index (χ0v) is 12.2. The van der Waals surface area contributed by atoms with Crippen LogP contribution < -0.4 is 4.31 Å². The van der Waals surface area contributed by atoms with Crippen LogP contribution in [-0.4, -0.2) is 44.6 Å². The van der Waals surface area contributed by atoms with Crippen LogP contribution in [0.1, 0.15) is 12.8 Å². The van der Waals surface area contributed by atoms with Gasteiger partial charge in [-0.2, -0.15) is 12.7 Å². The van der Waals surface area contributed by atoms with Crippen molar-refractivity contribution >= 4 is 15.9 Å². The minimum atomic E-state index is -3.64. The molecule has 1 unspecified atom stereocenters. The number of hydrogen-bond acceptors (Lipinski definition) is 3. The predicted molar refractivity (Wildman–Crippen MR) is 75.1 cm³/mol. The van der Waals surface area contributed by atoms with E-state index in [0.29, 0.717) is 18.8 Å². The van der Waals surface area contributed by atoms with E-state index in [1.807, 2.05) is 0 Å². The molecule has 0 aliphatic carbocycles. The Morgan fingerprint density at radius 2 is 2.05 bits per heavy atom. The molecule has 112 valence electrons. The number of aliphatic hydroxyl groups is 1. The van der Waals surface area contributed by atoms with E-state index in [-0.39, 0.29) is 12.5 Å². The van der Waals surface area contributed by atoms with Crippen LogP contribution in [0.3, 0.4) is 0 Å². The molecule has 1 aliphatic rings. The Labute approximate surface area is 118 Å². The number of nitrogens with zero attached hydrogens (tertiary/aromatic N) is 2. The molecule has 1 fully saturated rings. The molecule has 0 bridgehead atoms. The van der Waals surface area contributed by atoms with Gasteiger partial charge in [-0.25, -0.2) is 4.39 Å². The van der Waals surface area contributed by atoms with E-state index < -0.39 is 16.0 Å². The summed E-state index contributed by atoms with van der Waals surface area (Å²) in [5.41, 5.74) is 0.414. The molecule has 1 N–H and O–H groups in total. The van der Waals surface area contributed by atoms with Gasteiger partial charge >= 0.3 is 10.2 Å². The Balaban J connectivity index is 2.18. The fraction of sp³-hybridized carbons (Fsp3) is 0.538. The molecular formula is C13H19FN2O3S. The average molecular weight is 302 g/mol. The lowest BCUT2D eigenvalue weighted by Crippen LogP contribution is -2.47. The Hall–Kier alpha value is -1.18. The topological polar surface area (TPSA) is 60.9 Å². The molecule has 0 aromatic heterocycles. The number of aliphatic hydroxyl groups excluding tert-OH is 1. The molecule has 0 spiro atoms. The van der Waals surface area contributed by atoms with E-state index in [1.54, 1.807) is 0 Å². The normalized spacial score (nSPS) is 20.9. The monoisotopic (exact) mass is 302 g/mol. The van der Waals surface area contributed by atoms with Gasteiger partial charge in [0.15, 0.2) is 0 Å². The number of anilines is 1.